The minimum atomic E-state index is -4.16. The van der Waals surface area contributed by atoms with E-state index in [1.54, 1.807) is 6.92 Å². The summed E-state index contributed by atoms with van der Waals surface area (Å²) in [6.07, 6.45) is 0.195. The molecule has 0 aliphatic carbocycles. The molecule has 0 saturated carbocycles. The Morgan fingerprint density at radius 2 is 2.05 bits per heavy atom. The molecule has 20 heavy (non-hydrogen) atoms. The van der Waals surface area contributed by atoms with Gasteiger partial charge < -0.3 is 5.11 Å². The Hall–Kier alpha value is -1.54. The zero-order valence-electron chi connectivity index (χ0n) is 10.8. The van der Waals surface area contributed by atoms with Crippen molar-refractivity contribution in [1.29, 1.82) is 0 Å². The number of carboxylic acids is 1. The van der Waals surface area contributed by atoms with Crippen LogP contribution in [0.15, 0.2) is 23.1 Å². The van der Waals surface area contributed by atoms with Gasteiger partial charge in [-0.2, -0.15) is 0 Å². The zero-order valence-corrected chi connectivity index (χ0v) is 11.6. The second kappa shape index (κ2) is 6.76. The number of hydrogen-bond acceptors (Lipinski definition) is 3. The van der Waals surface area contributed by atoms with E-state index in [1.807, 2.05) is 0 Å². The van der Waals surface area contributed by atoms with Crippen LogP contribution in [0.25, 0.3) is 0 Å². The highest BCUT2D eigenvalue weighted by molar-refractivity contribution is 7.89. The predicted octanol–water partition coefficient (Wildman–Crippen LogP) is 1.74. The molecule has 1 aromatic carbocycles. The number of hydrogen-bond donors (Lipinski definition) is 2. The molecule has 0 heterocycles. The van der Waals surface area contributed by atoms with Crippen molar-refractivity contribution in [1.82, 2.24) is 4.72 Å². The summed E-state index contributed by atoms with van der Waals surface area (Å²) >= 11 is 0. The molecule has 1 unspecified atom stereocenters. The monoisotopic (exact) mass is 307 g/mol. The van der Waals surface area contributed by atoms with Gasteiger partial charge in [-0.05, 0) is 30.5 Å². The third kappa shape index (κ3) is 4.86. The summed E-state index contributed by atoms with van der Waals surface area (Å²) in [4.78, 5) is 9.62. The lowest BCUT2D eigenvalue weighted by atomic mass is 10.1. The smallest absolute Gasteiger partial charge is 0.303 e. The molecular formula is C12H15F2NO4S. The van der Waals surface area contributed by atoms with Crippen LogP contribution in [-0.4, -0.2) is 26.0 Å². The molecule has 0 aliphatic heterocycles. The van der Waals surface area contributed by atoms with Crippen molar-refractivity contribution >= 4 is 16.0 Å². The fraction of sp³-hybridized carbons (Fsp3) is 0.417. The van der Waals surface area contributed by atoms with Crippen LogP contribution in [-0.2, 0) is 14.8 Å². The number of rotatable bonds is 7. The Morgan fingerprint density at radius 1 is 1.40 bits per heavy atom. The molecule has 0 aromatic heterocycles. The van der Waals surface area contributed by atoms with Gasteiger partial charge in [0.1, 0.15) is 16.5 Å². The maximum Gasteiger partial charge on any atom is 0.303 e. The molecule has 0 amide bonds. The summed E-state index contributed by atoms with van der Waals surface area (Å²) in [7, 11) is -4.16. The van der Waals surface area contributed by atoms with Gasteiger partial charge in [0, 0.05) is 13.0 Å². The largest absolute Gasteiger partial charge is 0.481 e. The molecule has 0 saturated heterocycles. The van der Waals surface area contributed by atoms with Crippen LogP contribution in [0.3, 0.4) is 0 Å². The summed E-state index contributed by atoms with van der Waals surface area (Å²) in [5.74, 6) is -3.11. The normalized spacial score (nSPS) is 13.2. The fourth-order valence-corrected chi connectivity index (χ4v) is 2.74. The number of halogens is 2. The molecule has 1 atom stereocenters. The molecule has 0 bridgehead atoms. The second-order valence-corrected chi connectivity index (χ2v) is 6.20. The van der Waals surface area contributed by atoms with E-state index in [9.17, 15) is 22.0 Å². The van der Waals surface area contributed by atoms with E-state index in [0.717, 1.165) is 12.1 Å². The Kier molecular flexibility index (Phi) is 5.58. The lowest BCUT2D eigenvalue weighted by Gasteiger charge is -2.12. The van der Waals surface area contributed by atoms with Crippen molar-refractivity contribution in [3.63, 3.8) is 0 Å². The molecule has 5 nitrogen and oxygen atoms in total. The van der Waals surface area contributed by atoms with Crippen LogP contribution in [0.5, 0.6) is 0 Å². The van der Waals surface area contributed by atoms with E-state index in [1.165, 1.54) is 0 Å². The average molecular weight is 307 g/mol. The van der Waals surface area contributed by atoms with Crippen molar-refractivity contribution in [2.75, 3.05) is 6.54 Å². The number of carbonyl (C=O) groups is 1. The third-order valence-electron chi connectivity index (χ3n) is 2.66. The van der Waals surface area contributed by atoms with Gasteiger partial charge in [-0.1, -0.05) is 6.92 Å². The number of aliphatic carboxylic acids is 1. The first kappa shape index (κ1) is 16.5. The minimum Gasteiger partial charge on any atom is -0.481 e. The van der Waals surface area contributed by atoms with Crippen molar-refractivity contribution in [2.45, 2.75) is 24.7 Å². The number of nitrogens with one attached hydrogen (secondary N) is 1. The van der Waals surface area contributed by atoms with Crippen LogP contribution in [0.4, 0.5) is 8.78 Å². The maximum atomic E-state index is 13.4. The number of sulfonamides is 1. The van der Waals surface area contributed by atoms with Crippen molar-refractivity contribution in [3.8, 4) is 0 Å². The first-order chi connectivity index (χ1) is 9.22. The molecule has 112 valence electrons. The first-order valence-corrected chi connectivity index (χ1v) is 7.37. The van der Waals surface area contributed by atoms with Gasteiger partial charge in [0.25, 0.3) is 0 Å². The highest BCUT2D eigenvalue weighted by atomic mass is 32.2. The topological polar surface area (TPSA) is 83.5 Å². The molecular weight excluding hydrogens is 292 g/mol. The van der Waals surface area contributed by atoms with Crippen LogP contribution in [0.2, 0.25) is 0 Å². The number of carboxylic acid groups (broad SMARTS) is 1. The SMILES string of the molecule is CC(CCC(=O)O)CNS(=O)(=O)c1cc(F)ccc1F. The Labute approximate surface area is 115 Å². The second-order valence-electron chi connectivity index (χ2n) is 4.46. The molecule has 2 N–H and O–H groups in total. The molecule has 0 aliphatic rings. The summed E-state index contributed by atoms with van der Waals surface area (Å²) in [6, 6.07) is 2.15. The maximum absolute atomic E-state index is 13.4. The van der Waals surface area contributed by atoms with Crippen LogP contribution >= 0.6 is 0 Å². The summed E-state index contributed by atoms with van der Waals surface area (Å²) in [6.45, 7) is 1.61. The van der Waals surface area contributed by atoms with Gasteiger partial charge >= 0.3 is 5.97 Å². The summed E-state index contributed by atoms with van der Waals surface area (Å²) in [5, 5.41) is 8.51. The van der Waals surface area contributed by atoms with E-state index < -0.39 is 32.5 Å². The van der Waals surface area contributed by atoms with Crippen LogP contribution < -0.4 is 4.72 Å². The molecule has 0 spiro atoms. The minimum absolute atomic E-state index is 0.0500. The van der Waals surface area contributed by atoms with Gasteiger partial charge in [0.05, 0.1) is 0 Å². The van der Waals surface area contributed by atoms with Crippen molar-refractivity contribution in [3.05, 3.63) is 29.8 Å². The Bertz CT molecular complexity index is 589. The Balaban J connectivity index is 2.70. The van der Waals surface area contributed by atoms with E-state index in [-0.39, 0.29) is 25.3 Å². The zero-order chi connectivity index (χ0) is 15.3. The highest BCUT2D eigenvalue weighted by Gasteiger charge is 2.20. The first-order valence-electron chi connectivity index (χ1n) is 5.89. The molecule has 8 heteroatoms. The van der Waals surface area contributed by atoms with E-state index >= 15 is 0 Å². The van der Waals surface area contributed by atoms with Gasteiger partial charge in [-0.25, -0.2) is 21.9 Å². The molecule has 0 radical (unpaired) electrons. The average Bonchev–Trinajstić information content (AvgIpc) is 2.36. The van der Waals surface area contributed by atoms with E-state index in [2.05, 4.69) is 4.72 Å². The number of benzene rings is 1. The van der Waals surface area contributed by atoms with E-state index in [4.69, 9.17) is 5.11 Å². The summed E-state index contributed by atoms with van der Waals surface area (Å²) < 4.78 is 52.1. The molecule has 1 rings (SSSR count). The van der Waals surface area contributed by atoms with E-state index in [0.29, 0.717) is 6.07 Å². The summed E-state index contributed by atoms with van der Waals surface area (Å²) in [5.41, 5.74) is 0. The van der Waals surface area contributed by atoms with Gasteiger partial charge in [0.15, 0.2) is 0 Å². The van der Waals surface area contributed by atoms with Gasteiger partial charge in [0.2, 0.25) is 10.0 Å². The van der Waals surface area contributed by atoms with Crippen LogP contribution in [0.1, 0.15) is 19.8 Å². The standard InChI is InChI=1S/C12H15F2NO4S/c1-8(2-5-12(16)17)7-15-20(18,19)11-6-9(13)3-4-10(11)14/h3-4,6,8,15H,2,5,7H2,1H3,(H,16,17). The van der Waals surface area contributed by atoms with Gasteiger partial charge in [-0.3, -0.25) is 4.79 Å². The fourth-order valence-electron chi connectivity index (χ4n) is 1.48. The Morgan fingerprint density at radius 3 is 2.65 bits per heavy atom. The quantitative estimate of drug-likeness (QED) is 0.804. The molecule has 0 fully saturated rings. The van der Waals surface area contributed by atoms with Crippen molar-refractivity contribution < 1.29 is 27.1 Å². The third-order valence-corrected chi connectivity index (χ3v) is 4.09. The lowest BCUT2D eigenvalue weighted by Crippen LogP contribution is -2.29. The highest BCUT2D eigenvalue weighted by Crippen LogP contribution is 2.16. The van der Waals surface area contributed by atoms with Crippen LogP contribution in [0, 0.1) is 17.6 Å². The molecule has 1 aromatic rings. The predicted molar refractivity (Wildman–Crippen MR) is 67.6 cm³/mol. The lowest BCUT2D eigenvalue weighted by molar-refractivity contribution is -0.137. The van der Waals surface area contributed by atoms with Gasteiger partial charge in [-0.15, -0.1) is 0 Å². The van der Waals surface area contributed by atoms with Crippen molar-refractivity contribution in [2.24, 2.45) is 5.92 Å².